The number of hydrogen-bond acceptors (Lipinski definition) is 7. The van der Waals surface area contributed by atoms with Crippen molar-refractivity contribution in [3.8, 4) is 5.75 Å². The maximum Gasteiger partial charge on any atom is 0.253 e. The Morgan fingerprint density at radius 1 is 1.30 bits per heavy atom. The number of thioether (sulfide) groups is 1. The Morgan fingerprint density at radius 3 is 2.59 bits per heavy atom. The number of hydrogen-bond donors (Lipinski definition) is 3. The Bertz CT molecular complexity index is 910. The number of aromatic hydroxyl groups is 1. The number of benzene rings is 1. The van der Waals surface area contributed by atoms with Crippen molar-refractivity contribution in [1.82, 2.24) is 0 Å². The van der Waals surface area contributed by atoms with Gasteiger partial charge in [-0.25, -0.2) is 0 Å². The lowest BCUT2D eigenvalue weighted by molar-refractivity contribution is 0.0438. The van der Waals surface area contributed by atoms with Gasteiger partial charge in [0.15, 0.2) is 5.75 Å². The molecular weight excluding hydrogens is 388 g/mol. The summed E-state index contributed by atoms with van der Waals surface area (Å²) in [5.41, 5.74) is -0.421. The fourth-order valence-corrected chi connectivity index (χ4v) is 4.35. The summed E-state index contributed by atoms with van der Waals surface area (Å²) in [5.74, 6) is -0.0472. The van der Waals surface area contributed by atoms with E-state index in [9.17, 15) is 14.7 Å². The molecule has 1 heterocycles. The monoisotopic (exact) mass is 410 g/mol. The third kappa shape index (κ3) is 3.81. The van der Waals surface area contributed by atoms with E-state index in [0.717, 1.165) is 19.3 Å². The van der Waals surface area contributed by atoms with Crippen LogP contribution in [0.4, 0.5) is 17.1 Å². The molecule has 2 aromatic carbocycles. The molecule has 3 atom stereocenters. The molecule has 3 rings (SSSR count). The molecule has 146 valence electrons. The van der Waals surface area contributed by atoms with Crippen molar-refractivity contribution < 1.29 is 9.84 Å². The zero-order chi connectivity index (χ0) is 19.7. The van der Waals surface area contributed by atoms with Gasteiger partial charge in [-0.2, -0.15) is 0 Å². The first-order valence-electron chi connectivity index (χ1n) is 8.95. The number of phenols is 1. The first-order valence-corrected chi connectivity index (χ1v) is 10.5. The molecule has 6 nitrogen and oxygen atoms in total. The Kier molecular flexibility index (Phi) is 6.03. The molecule has 3 N–H and O–H groups in total. The summed E-state index contributed by atoms with van der Waals surface area (Å²) < 4.78 is 5.90. The molecule has 1 saturated heterocycles. The highest BCUT2D eigenvalue weighted by Gasteiger charge is 2.31. The van der Waals surface area contributed by atoms with Crippen LogP contribution in [-0.2, 0) is 4.74 Å². The highest BCUT2D eigenvalue weighted by molar-refractivity contribution is 7.98. The highest BCUT2D eigenvalue weighted by atomic mass is 35.5. The summed E-state index contributed by atoms with van der Waals surface area (Å²) in [6.07, 6.45) is 4.67. The molecule has 2 aromatic rings. The van der Waals surface area contributed by atoms with Gasteiger partial charge in [0.25, 0.3) is 10.9 Å². The minimum Gasteiger partial charge on any atom is -0.505 e. The van der Waals surface area contributed by atoms with Gasteiger partial charge in [0.05, 0.1) is 33.9 Å². The van der Waals surface area contributed by atoms with E-state index in [-0.39, 0.29) is 35.4 Å². The van der Waals surface area contributed by atoms with Gasteiger partial charge in [-0.15, -0.1) is 11.8 Å². The lowest BCUT2D eigenvalue weighted by Gasteiger charge is -2.26. The second-order valence-corrected chi connectivity index (χ2v) is 7.96. The van der Waals surface area contributed by atoms with Gasteiger partial charge in [0, 0.05) is 0 Å². The summed E-state index contributed by atoms with van der Waals surface area (Å²) in [7, 11) is 0. The molecule has 0 aromatic heterocycles. The van der Waals surface area contributed by atoms with Crippen molar-refractivity contribution >= 4 is 40.4 Å². The van der Waals surface area contributed by atoms with E-state index in [2.05, 4.69) is 10.6 Å². The highest BCUT2D eigenvalue weighted by Crippen LogP contribution is 2.40. The van der Waals surface area contributed by atoms with Crippen LogP contribution < -0.4 is 21.5 Å². The van der Waals surface area contributed by atoms with E-state index in [4.69, 9.17) is 16.3 Å². The fraction of sp³-hybridized carbons (Fsp3) is 0.474. The van der Waals surface area contributed by atoms with Gasteiger partial charge in [0.1, 0.15) is 11.4 Å². The lowest BCUT2D eigenvalue weighted by Crippen LogP contribution is -2.42. The van der Waals surface area contributed by atoms with Crippen LogP contribution in [0.25, 0.3) is 0 Å². The van der Waals surface area contributed by atoms with Gasteiger partial charge >= 0.3 is 0 Å². The SMILES string of the molecule is CC[C@@H](Nc1c(Nc2ccc(Cl)c(SC)c2O)c(=O)c1=O)C1CCC(C)O1. The second kappa shape index (κ2) is 8.12. The standard InChI is InChI=1S/C19H23ClN2O4S/c1-4-11(13-8-5-9(2)26-13)21-14-15(18(25)17(14)24)22-12-7-6-10(20)19(27-3)16(12)23/h6-7,9,11,13,21-23H,4-5,8H2,1-3H3/t9?,11-,13?/m1/s1. The second-order valence-electron chi connectivity index (χ2n) is 6.73. The average Bonchev–Trinajstić information content (AvgIpc) is 3.09. The van der Waals surface area contributed by atoms with Gasteiger partial charge in [-0.1, -0.05) is 18.5 Å². The Morgan fingerprint density at radius 2 is 2.00 bits per heavy atom. The van der Waals surface area contributed by atoms with E-state index in [0.29, 0.717) is 15.6 Å². The zero-order valence-electron chi connectivity index (χ0n) is 15.5. The van der Waals surface area contributed by atoms with Crippen molar-refractivity contribution in [2.45, 2.75) is 56.3 Å². The predicted octanol–water partition coefficient (Wildman–Crippen LogP) is 3.87. The maximum atomic E-state index is 12.1. The van der Waals surface area contributed by atoms with Crippen LogP contribution in [0.5, 0.6) is 5.75 Å². The van der Waals surface area contributed by atoms with Crippen LogP contribution in [0.15, 0.2) is 26.6 Å². The third-order valence-electron chi connectivity index (χ3n) is 4.94. The molecule has 1 aliphatic heterocycles. The van der Waals surface area contributed by atoms with Crippen molar-refractivity contribution in [3.05, 3.63) is 37.6 Å². The largest absolute Gasteiger partial charge is 0.505 e. The molecule has 0 spiro atoms. The summed E-state index contributed by atoms with van der Waals surface area (Å²) in [4.78, 5) is 24.7. The molecular formula is C19H23ClN2O4S. The first kappa shape index (κ1) is 20.0. The number of nitrogens with one attached hydrogen (secondary N) is 2. The van der Waals surface area contributed by atoms with Crippen LogP contribution >= 0.6 is 23.4 Å². The van der Waals surface area contributed by atoms with Crippen molar-refractivity contribution in [2.24, 2.45) is 0 Å². The number of rotatable bonds is 7. The number of phenolic OH excluding ortho intramolecular Hbond substituents is 1. The molecule has 0 bridgehead atoms. The summed E-state index contributed by atoms with van der Waals surface area (Å²) in [6, 6.07) is 3.16. The van der Waals surface area contributed by atoms with Gasteiger partial charge in [-0.05, 0) is 44.6 Å². The van der Waals surface area contributed by atoms with Gasteiger partial charge in [-0.3, -0.25) is 9.59 Å². The Hall–Kier alpha value is -1.70. The minimum atomic E-state index is -0.604. The van der Waals surface area contributed by atoms with E-state index < -0.39 is 10.9 Å². The minimum absolute atomic E-state index is 0.00859. The maximum absolute atomic E-state index is 12.1. The molecule has 0 saturated carbocycles. The van der Waals surface area contributed by atoms with Crippen LogP contribution in [-0.4, -0.2) is 29.6 Å². The molecule has 8 heteroatoms. The summed E-state index contributed by atoms with van der Waals surface area (Å²) in [5, 5.41) is 16.9. The summed E-state index contributed by atoms with van der Waals surface area (Å²) in [6.45, 7) is 4.04. The van der Waals surface area contributed by atoms with Crippen LogP contribution in [0, 0.1) is 0 Å². The van der Waals surface area contributed by atoms with Gasteiger partial charge < -0.3 is 20.5 Å². The summed E-state index contributed by atoms with van der Waals surface area (Å²) >= 11 is 7.37. The number of halogens is 1. The van der Waals surface area contributed by atoms with Crippen molar-refractivity contribution in [2.75, 3.05) is 16.9 Å². The molecule has 27 heavy (non-hydrogen) atoms. The topological polar surface area (TPSA) is 87.7 Å². The first-order chi connectivity index (χ1) is 12.9. The molecule has 0 radical (unpaired) electrons. The quantitative estimate of drug-likeness (QED) is 0.363. The van der Waals surface area contributed by atoms with Crippen molar-refractivity contribution in [1.29, 1.82) is 0 Å². The van der Waals surface area contributed by atoms with E-state index >= 15 is 0 Å². The number of anilines is 3. The van der Waals surface area contributed by atoms with Crippen LogP contribution in [0.1, 0.15) is 33.1 Å². The normalized spacial score (nSPS) is 20.7. The van der Waals surface area contributed by atoms with Crippen LogP contribution in [0.2, 0.25) is 5.02 Å². The third-order valence-corrected chi connectivity index (χ3v) is 6.19. The average molecular weight is 411 g/mol. The van der Waals surface area contributed by atoms with E-state index in [1.54, 1.807) is 18.4 Å². The van der Waals surface area contributed by atoms with Gasteiger partial charge in [0.2, 0.25) is 0 Å². The molecule has 0 aliphatic carbocycles. The molecule has 2 unspecified atom stereocenters. The lowest BCUT2D eigenvalue weighted by atomic mass is 10.0. The number of ether oxygens (including phenoxy) is 1. The Balaban J connectivity index is 1.84. The fourth-order valence-electron chi connectivity index (χ4n) is 3.40. The zero-order valence-corrected chi connectivity index (χ0v) is 17.0. The molecule has 1 fully saturated rings. The smallest absolute Gasteiger partial charge is 0.253 e. The molecule has 0 amide bonds. The van der Waals surface area contributed by atoms with E-state index in [1.165, 1.54) is 11.8 Å². The van der Waals surface area contributed by atoms with Crippen LogP contribution in [0.3, 0.4) is 0 Å². The Labute approximate surface area is 167 Å². The van der Waals surface area contributed by atoms with Crippen molar-refractivity contribution in [3.63, 3.8) is 0 Å². The van der Waals surface area contributed by atoms with E-state index in [1.807, 2.05) is 13.8 Å². The predicted molar refractivity (Wildman–Crippen MR) is 111 cm³/mol. The molecule has 1 aliphatic rings.